The molecule has 4 heterocycles. The van der Waals surface area contributed by atoms with E-state index in [-0.39, 0.29) is 5.69 Å². The number of hydrogen-bond donors (Lipinski definition) is 1. The predicted molar refractivity (Wildman–Crippen MR) is 92.6 cm³/mol. The van der Waals surface area contributed by atoms with E-state index in [0.717, 1.165) is 22.5 Å². The van der Waals surface area contributed by atoms with Gasteiger partial charge in [-0.25, -0.2) is 9.78 Å². The Kier molecular flexibility index (Phi) is 3.85. The number of aromatic nitrogens is 6. The third kappa shape index (κ3) is 3.06. The molecule has 25 heavy (non-hydrogen) atoms. The van der Waals surface area contributed by atoms with Crippen LogP contribution in [-0.4, -0.2) is 24.4 Å². The first-order valence-electron chi connectivity index (χ1n) is 7.80. The van der Waals surface area contributed by atoms with Crippen molar-refractivity contribution in [3.05, 3.63) is 81.4 Å². The van der Waals surface area contributed by atoms with Gasteiger partial charge in [-0.2, -0.15) is 14.8 Å². The van der Waals surface area contributed by atoms with E-state index < -0.39 is 0 Å². The summed E-state index contributed by atoms with van der Waals surface area (Å²) < 4.78 is 5.23. The van der Waals surface area contributed by atoms with E-state index in [4.69, 9.17) is 11.6 Å². The highest BCUT2D eigenvalue weighted by Gasteiger charge is 2.19. The normalized spacial score (nSPS) is 11.3. The molecular formula is C17H16ClN6O+. The summed E-state index contributed by atoms with van der Waals surface area (Å²) in [5, 5.41) is 7.52. The third-order valence-electron chi connectivity index (χ3n) is 4.05. The molecule has 0 spiro atoms. The lowest BCUT2D eigenvalue weighted by molar-refractivity contribution is -0.587. The minimum atomic E-state index is -0.162. The summed E-state index contributed by atoms with van der Waals surface area (Å²) in [6.07, 6.45) is 6.05. The van der Waals surface area contributed by atoms with Crippen molar-refractivity contribution in [3.8, 4) is 0 Å². The van der Waals surface area contributed by atoms with Crippen LogP contribution in [0.4, 0.5) is 0 Å². The quantitative estimate of drug-likeness (QED) is 0.443. The van der Waals surface area contributed by atoms with E-state index in [1.165, 1.54) is 0 Å². The lowest BCUT2D eigenvalue weighted by atomic mass is 10.1. The summed E-state index contributed by atoms with van der Waals surface area (Å²) in [6, 6.07) is 9.53. The zero-order valence-corrected chi connectivity index (χ0v) is 14.3. The van der Waals surface area contributed by atoms with Crippen LogP contribution < -0.4 is 10.2 Å². The van der Waals surface area contributed by atoms with Crippen molar-refractivity contribution in [1.82, 2.24) is 24.4 Å². The highest BCUT2D eigenvalue weighted by atomic mass is 35.5. The van der Waals surface area contributed by atoms with E-state index in [1.807, 2.05) is 42.0 Å². The van der Waals surface area contributed by atoms with Crippen LogP contribution in [-0.2, 0) is 20.0 Å². The second kappa shape index (κ2) is 6.18. The molecule has 8 heteroatoms. The van der Waals surface area contributed by atoms with Gasteiger partial charge in [-0.3, -0.25) is 4.68 Å². The van der Waals surface area contributed by atoms with Crippen LogP contribution in [0.5, 0.6) is 0 Å². The first-order valence-corrected chi connectivity index (χ1v) is 8.18. The number of aromatic amines is 1. The average Bonchev–Trinajstić information content (AvgIpc) is 3.15. The summed E-state index contributed by atoms with van der Waals surface area (Å²) in [7, 11) is 1.86. The molecule has 0 fully saturated rings. The van der Waals surface area contributed by atoms with E-state index in [0.29, 0.717) is 18.1 Å². The van der Waals surface area contributed by atoms with Gasteiger partial charge in [-0.05, 0) is 17.7 Å². The van der Waals surface area contributed by atoms with Crippen LogP contribution in [0.25, 0.3) is 5.65 Å². The van der Waals surface area contributed by atoms with Crippen LogP contribution in [0.15, 0.2) is 53.7 Å². The lowest BCUT2D eigenvalue weighted by Crippen LogP contribution is -2.31. The summed E-state index contributed by atoms with van der Waals surface area (Å²) in [5.41, 5.74) is 3.59. The van der Waals surface area contributed by atoms with Gasteiger partial charge in [-0.15, -0.1) is 4.52 Å². The van der Waals surface area contributed by atoms with Crippen LogP contribution in [0.3, 0.4) is 0 Å². The van der Waals surface area contributed by atoms with Gasteiger partial charge in [-0.1, -0.05) is 23.7 Å². The molecule has 126 valence electrons. The Morgan fingerprint density at radius 1 is 1.20 bits per heavy atom. The molecule has 0 aliphatic heterocycles. The third-order valence-corrected chi connectivity index (χ3v) is 4.28. The largest absolute Gasteiger partial charge is 0.444 e. The molecule has 0 saturated heterocycles. The van der Waals surface area contributed by atoms with Crippen LogP contribution in [0.1, 0.15) is 16.8 Å². The van der Waals surface area contributed by atoms with E-state index in [9.17, 15) is 4.79 Å². The Hall–Kier alpha value is -2.93. The number of H-pyrrole nitrogens is 1. The van der Waals surface area contributed by atoms with Crippen molar-refractivity contribution < 1.29 is 4.52 Å². The van der Waals surface area contributed by atoms with Crippen molar-refractivity contribution in [1.29, 1.82) is 0 Å². The molecule has 4 rings (SSSR count). The van der Waals surface area contributed by atoms with Gasteiger partial charge in [0.2, 0.25) is 0 Å². The lowest BCUT2D eigenvalue weighted by Gasteiger charge is -2.00. The molecule has 7 nitrogen and oxygen atoms in total. The smallest absolute Gasteiger partial charge is 0.275 e. The van der Waals surface area contributed by atoms with Gasteiger partial charge in [0.25, 0.3) is 0 Å². The van der Waals surface area contributed by atoms with E-state index in [1.54, 1.807) is 27.7 Å². The summed E-state index contributed by atoms with van der Waals surface area (Å²) in [4.78, 5) is 16.5. The van der Waals surface area contributed by atoms with Crippen LogP contribution in [0.2, 0.25) is 5.15 Å². The number of nitrogens with zero attached hydrogens (tertiary/aromatic N) is 5. The fourth-order valence-electron chi connectivity index (χ4n) is 2.89. The van der Waals surface area contributed by atoms with Crippen LogP contribution in [0, 0.1) is 0 Å². The maximum atomic E-state index is 12.4. The van der Waals surface area contributed by atoms with E-state index >= 15 is 0 Å². The molecule has 0 atom stereocenters. The van der Waals surface area contributed by atoms with Crippen LogP contribution >= 0.6 is 11.6 Å². The van der Waals surface area contributed by atoms with Gasteiger partial charge in [0.1, 0.15) is 17.4 Å². The van der Waals surface area contributed by atoms with Crippen molar-refractivity contribution in [2.75, 3.05) is 0 Å². The van der Waals surface area contributed by atoms with Gasteiger partial charge in [0.05, 0.1) is 6.20 Å². The van der Waals surface area contributed by atoms with Crippen molar-refractivity contribution >= 4 is 17.2 Å². The molecule has 4 aromatic heterocycles. The second-order valence-electron chi connectivity index (χ2n) is 5.90. The van der Waals surface area contributed by atoms with E-state index in [2.05, 4.69) is 15.2 Å². The van der Waals surface area contributed by atoms with Crippen molar-refractivity contribution in [2.45, 2.75) is 13.0 Å². The number of hydrogen-bond acceptors (Lipinski definition) is 3. The molecule has 4 aromatic rings. The number of nitrogens with one attached hydrogen (secondary N) is 1. The number of pyridine rings is 2. The average molecular weight is 356 g/mol. The number of aryl methyl sites for hydroxylation is 1. The highest BCUT2D eigenvalue weighted by molar-refractivity contribution is 6.29. The first kappa shape index (κ1) is 15.6. The fraction of sp³-hybridized carbons (Fsp3) is 0.176. The van der Waals surface area contributed by atoms with Gasteiger partial charge in [0, 0.05) is 37.5 Å². The van der Waals surface area contributed by atoms with Gasteiger partial charge in [0.15, 0.2) is 0 Å². The Morgan fingerprint density at radius 3 is 2.80 bits per heavy atom. The van der Waals surface area contributed by atoms with Crippen molar-refractivity contribution in [2.24, 2.45) is 7.05 Å². The molecular weight excluding hydrogens is 340 g/mol. The standard InChI is InChI=1S/C17H15ClN6O/c1-22-10-13(9-20-22)11-23-16-4-2-3-14(24(16)21-17(23)25)7-12-5-6-15(18)19-8-12/h2-6,8-10H,7,11H2,1H3/p+1. The molecule has 0 unspecified atom stereocenters. The topological polar surface area (TPSA) is 72.6 Å². The molecule has 0 aliphatic rings. The second-order valence-corrected chi connectivity index (χ2v) is 6.29. The maximum Gasteiger partial charge on any atom is 0.444 e. The van der Waals surface area contributed by atoms with Gasteiger partial charge < -0.3 is 0 Å². The Balaban J connectivity index is 1.73. The molecule has 0 aliphatic carbocycles. The Bertz CT molecular complexity index is 1090. The minimum absolute atomic E-state index is 0.162. The fourth-order valence-corrected chi connectivity index (χ4v) is 3.00. The number of fused-ring (bicyclic) bond motifs is 1. The first-order chi connectivity index (χ1) is 12.1. The Morgan fingerprint density at radius 2 is 2.08 bits per heavy atom. The SMILES string of the molecule is Cn1cc(Cn2c(=O)[nH][n+]3c(Cc4ccc(Cl)nc4)cccc23)cn1. The zero-order chi connectivity index (χ0) is 17.4. The zero-order valence-electron chi connectivity index (χ0n) is 13.6. The summed E-state index contributed by atoms with van der Waals surface area (Å²) in [5.74, 6) is 0. The molecule has 0 radical (unpaired) electrons. The Labute approximate surface area is 148 Å². The maximum absolute atomic E-state index is 12.4. The number of halogens is 1. The highest BCUT2D eigenvalue weighted by Crippen LogP contribution is 2.10. The summed E-state index contributed by atoms with van der Waals surface area (Å²) in [6.45, 7) is 0.464. The molecule has 1 N–H and O–H groups in total. The van der Waals surface area contributed by atoms with Crippen molar-refractivity contribution in [3.63, 3.8) is 0 Å². The molecule has 0 amide bonds. The monoisotopic (exact) mass is 355 g/mol. The summed E-state index contributed by atoms with van der Waals surface area (Å²) >= 11 is 5.84. The van der Waals surface area contributed by atoms with Gasteiger partial charge >= 0.3 is 11.3 Å². The minimum Gasteiger partial charge on any atom is -0.275 e. The predicted octanol–water partition coefficient (Wildman–Crippen LogP) is 1.34. The number of rotatable bonds is 4. The molecule has 0 bridgehead atoms. The molecule has 0 saturated carbocycles. The molecule has 0 aromatic carbocycles.